The maximum Gasteiger partial charge on any atom is 0.323 e. The van der Waals surface area contributed by atoms with Crippen LogP contribution >= 0.6 is 0 Å². The minimum Gasteiger partial charge on any atom is -0.503 e. The summed E-state index contributed by atoms with van der Waals surface area (Å²) in [4.78, 5) is 40.4. The summed E-state index contributed by atoms with van der Waals surface area (Å²) in [7, 11) is 0. The van der Waals surface area contributed by atoms with Crippen molar-refractivity contribution in [1.82, 2.24) is 4.98 Å². The summed E-state index contributed by atoms with van der Waals surface area (Å²) < 4.78 is 0. The molecule has 1 heterocycles. The third kappa shape index (κ3) is 5.35. The molecule has 0 saturated heterocycles. The molecule has 0 unspecified atom stereocenters. The van der Waals surface area contributed by atoms with E-state index in [2.05, 4.69) is 15.6 Å². The van der Waals surface area contributed by atoms with Gasteiger partial charge < -0.3 is 25.2 Å². The molecule has 0 aliphatic carbocycles. The Balaban J connectivity index is 2.29. The average Bonchev–Trinajstić information content (AvgIpc) is 2.64. The van der Waals surface area contributed by atoms with E-state index in [0.29, 0.717) is 16.8 Å². The molecule has 0 radical (unpaired) electrons. The van der Waals surface area contributed by atoms with Crippen LogP contribution in [0.4, 0.5) is 11.4 Å². The van der Waals surface area contributed by atoms with Crippen molar-refractivity contribution in [2.75, 3.05) is 18.0 Å². The van der Waals surface area contributed by atoms with Crippen molar-refractivity contribution in [3.8, 4) is 5.88 Å². The van der Waals surface area contributed by atoms with E-state index >= 15 is 0 Å². The Kier molecular flexibility index (Phi) is 6.58. The number of nitrogens with zero attached hydrogens (tertiary/aromatic N) is 2. The fourth-order valence-corrected chi connectivity index (χ4v) is 2.59. The van der Waals surface area contributed by atoms with Crippen molar-refractivity contribution in [1.29, 1.82) is 0 Å². The van der Waals surface area contributed by atoms with Crippen LogP contribution in [0.1, 0.15) is 16.7 Å². The zero-order valence-electron chi connectivity index (χ0n) is 15.3. The van der Waals surface area contributed by atoms with Crippen LogP contribution in [-0.2, 0) is 9.59 Å². The molecule has 0 atom stereocenters. The first kappa shape index (κ1) is 21.0. The monoisotopic (exact) mass is 395 g/mol. The number of carboxylic acids is 2. The van der Waals surface area contributed by atoms with Gasteiger partial charge >= 0.3 is 11.9 Å². The van der Waals surface area contributed by atoms with Crippen molar-refractivity contribution in [3.63, 3.8) is 0 Å². The fourth-order valence-electron chi connectivity index (χ4n) is 2.59. The molecule has 0 aliphatic heterocycles. The lowest BCUT2D eigenvalue weighted by Gasteiger charge is -2.20. The van der Waals surface area contributed by atoms with Crippen LogP contribution in [0.25, 0.3) is 17.0 Å². The lowest BCUT2D eigenvalue weighted by molar-refractivity contribution is -0.136. The minimum absolute atomic E-state index is 0.0426. The van der Waals surface area contributed by atoms with Gasteiger partial charge in [0.1, 0.15) is 13.1 Å². The van der Waals surface area contributed by atoms with Gasteiger partial charge in [-0.1, -0.05) is 12.1 Å². The number of nitrogens with one attached hydrogen (secondary N) is 1. The summed E-state index contributed by atoms with van der Waals surface area (Å²) >= 11 is 0. The van der Waals surface area contributed by atoms with Gasteiger partial charge in [0.25, 0.3) is 5.56 Å². The van der Waals surface area contributed by atoms with Gasteiger partial charge in [-0.25, -0.2) is 4.85 Å². The zero-order chi connectivity index (χ0) is 21.6. The number of benzene rings is 1. The third-order valence-corrected chi connectivity index (χ3v) is 3.96. The molecule has 0 saturated carbocycles. The van der Waals surface area contributed by atoms with E-state index in [-0.39, 0.29) is 11.3 Å². The second-order valence-electron chi connectivity index (χ2n) is 5.99. The van der Waals surface area contributed by atoms with Crippen LogP contribution < -0.4 is 10.5 Å². The SMILES string of the molecule is [C-]#[N+]c1c(O)[nH]c(=O)c(C=C=Cc2ccc(N(CC(=O)O)CC(=O)O)cc2)c1C. The number of rotatable bonds is 7. The van der Waals surface area contributed by atoms with E-state index in [0.717, 1.165) is 0 Å². The molecule has 0 spiro atoms. The Bertz CT molecular complexity index is 1090. The molecule has 29 heavy (non-hydrogen) atoms. The first-order chi connectivity index (χ1) is 13.7. The molecular formula is C20H17N3O6. The number of aromatic nitrogens is 1. The van der Waals surface area contributed by atoms with Crippen LogP contribution in [0.15, 0.2) is 34.8 Å². The van der Waals surface area contributed by atoms with E-state index in [9.17, 15) is 19.5 Å². The number of hydrogen-bond acceptors (Lipinski definition) is 5. The van der Waals surface area contributed by atoms with Gasteiger partial charge in [0.05, 0.1) is 6.57 Å². The predicted molar refractivity (Wildman–Crippen MR) is 106 cm³/mol. The van der Waals surface area contributed by atoms with Crippen molar-refractivity contribution in [3.05, 3.63) is 68.5 Å². The van der Waals surface area contributed by atoms with Crippen LogP contribution in [-0.4, -0.2) is 45.3 Å². The largest absolute Gasteiger partial charge is 0.503 e. The van der Waals surface area contributed by atoms with Crippen LogP contribution in [0.2, 0.25) is 0 Å². The number of hydrogen-bond donors (Lipinski definition) is 4. The Morgan fingerprint density at radius 3 is 2.28 bits per heavy atom. The standard InChI is InChI=1S/C20H17N3O6/c1-12-15(19(28)22-20(29)18(12)21-2)5-3-4-13-6-8-14(9-7-13)23(10-16(24)25)11-17(26)27/h4-9H,10-11H2,1H3,(H,24,25)(H,26,27)(H2,22,28,29). The predicted octanol–water partition coefficient (Wildman–Crippen LogP) is 2.24. The first-order valence-corrected chi connectivity index (χ1v) is 8.27. The number of carboxylic acid groups (broad SMARTS) is 2. The average molecular weight is 395 g/mol. The number of aliphatic carboxylic acids is 2. The third-order valence-electron chi connectivity index (χ3n) is 3.96. The molecule has 0 amide bonds. The number of pyridine rings is 1. The number of H-pyrrole nitrogens is 1. The highest BCUT2D eigenvalue weighted by Gasteiger charge is 2.14. The van der Waals surface area contributed by atoms with Crippen molar-refractivity contribution in [2.45, 2.75) is 6.92 Å². The Hall–Kier alpha value is -4.28. The topological polar surface area (TPSA) is 135 Å². The molecule has 9 nitrogen and oxygen atoms in total. The molecule has 4 N–H and O–H groups in total. The molecule has 1 aromatic heterocycles. The molecule has 0 aliphatic rings. The maximum atomic E-state index is 12.0. The number of anilines is 1. The first-order valence-electron chi connectivity index (χ1n) is 8.27. The molecule has 0 fully saturated rings. The lowest BCUT2D eigenvalue weighted by Crippen LogP contribution is -2.34. The molecule has 2 aromatic rings. The summed E-state index contributed by atoms with van der Waals surface area (Å²) in [5, 5.41) is 27.4. The van der Waals surface area contributed by atoms with E-state index < -0.39 is 36.5 Å². The molecule has 148 valence electrons. The highest BCUT2D eigenvalue weighted by atomic mass is 16.4. The minimum atomic E-state index is -1.15. The van der Waals surface area contributed by atoms with E-state index in [4.69, 9.17) is 16.8 Å². The van der Waals surface area contributed by atoms with E-state index in [1.807, 2.05) is 0 Å². The highest BCUT2D eigenvalue weighted by molar-refractivity contribution is 5.79. The molecule has 2 rings (SSSR count). The second kappa shape index (κ2) is 9.08. The van der Waals surface area contributed by atoms with Crippen molar-refractivity contribution in [2.24, 2.45) is 0 Å². The highest BCUT2D eigenvalue weighted by Crippen LogP contribution is 2.28. The van der Waals surface area contributed by atoms with Gasteiger partial charge in [0, 0.05) is 11.3 Å². The normalized spacial score (nSPS) is 9.79. The smallest absolute Gasteiger partial charge is 0.323 e. The van der Waals surface area contributed by atoms with Gasteiger partial charge in [-0.15, -0.1) is 5.73 Å². The number of aromatic hydroxyl groups is 1. The molecular weight excluding hydrogens is 378 g/mol. The van der Waals surface area contributed by atoms with Crippen LogP contribution in [0, 0.1) is 13.5 Å². The fraction of sp³-hybridized carbons (Fsp3) is 0.150. The quantitative estimate of drug-likeness (QED) is 0.417. The Morgan fingerprint density at radius 1 is 1.17 bits per heavy atom. The Morgan fingerprint density at radius 2 is 1.76 bits per heavy atom. The zero-order valence-corrected chi connectivity index (χ0v) is 15.3. The van der Waals surface area contributed by atoms with Crippen LogP contribution in [0.5, 0.6) is 5.88 Å². The molecule has 9 heteroatoms. The van der Waals surface area contributed by atoms with E-state index in [1.165, 1.54) is 11.0 Å². The van der Waals surface area contributed by atoms with Crippen LogP contribution in [0.3, 0.4) is 0 Å². The lowest BCUT2D eigenvalue weighted by atomic mass is 10.1. The van der Waals surface area contributed by atoms with Gasteiger partial charge in [-0.2, -0.15) is 0 Å². The Labute approximate surface area is 165 Å². The summed E-state index contributed by atoms with van der Waals surface area (Å²) in [6, 6.07) is 6.45. The number of carbonyl (C=O) groups is 2. The molecule has 1 aromatic carbocycles. The van der Waals surface area contributed by atoms with Gasteiger partial charge in [-0.05, 0) is 42.3 Å². The summed E-state index contributed by atoms with van der Waals surface area (Å²) in [5.41, 5.74) is 3.86. The van der Waals surface area contributed by atoms with Crippen molar-refractivity contribution < 1.29 is 24.9 Å². The number of aromatic amines is 1. The van der Waals surface area contributed by atoms with Gasteiger partial charge in [-0.3, -0.25) is 14.4 Å². The van der Waals surface area contributed by atoms with Gasteiger partial charge in [0.2, 0.25) is 5.69 Å². The maximum absolute atomic E-state index is 12.0. The summed E-state index contributed by atoms with van der Waals surface area (Å²) in [6.45, 7) is 7.71. The van der Waals surface area contributed by atoms with Gasteiger partial charge in [0.15, 0.2) is 5.88 Å². The van der Waals surface area contributed by atoms with E-state index in [1.54, 1.807) is 37.3 Å². The van der Waals surface area contributed by atoms with Crippen molar-refractivity contribution >= 4 is 35.5 Å². The molecule has 0 bridgehead atoms. The second-order valence-corrected chi connectivity index (χ2v) is 5.99. The summed E-state index contributed by atoms with van der Waals surface area (Å²) in [5.74, 6) is -2.77. The summed E-state index contributed by atoms with van der Waals surface area (Å²) in [6.07, 6.45) is 2.95.